The van der Waals surface area contributed by atoms with Gasteiger partial charge in [-0.15, -0.1) is 0 Å². The molecule has 1 rings (SSSR count). The van der Waals surface area contributed by atoms with Gasteiger partial charge in [-0.2, -0.15) is 0 Å². The Balaban J connectivity index is 2.73. The first-order chi connectivity index (χ1) is 7.12. The third kappa shape index (κ3) is 3.32. The fourth-order valence-electron chi connectivity index (χ4n) is 2.23. The molecule has 0 heterocycles. The highest BCUT2D eigenvalue weighted by atomic mass is 16.6. The zero-order valence-electron chi connectivity index (χ0n) is 10.9. The molecule has 0 amide bonds. The largest absolute Gasteiger partial charge is 0.460 e. The molecule has 0 bridgehead atoms. The molecule has 1 fully saturated rings. The van der Waals surface area contributed by atoms with Crippen LogP contribution < -0.4 is 0 Å². The van der Waals surface area contributed by atoms with E-state index in [1.165, 1.54) is 0 Å². The molecule has 1 aliphatic rings. The topological polar surface area (TPSA) is 43.4 Å². The molecule has 0 aromatic heterocycles. The molecular weight excluding hydrogens is 204 g/mol. The van der Waals surface area contributed by atoms with Crippen LogP contribution in [-0.4, -0.2) is 17.4 Å². The minimum Gasteiger partial charge on any atom is -0.460 e. The summed E-state index contributed by atoms with van der Waals surface area (Å²) < 4.78 is 5.40. The summed E-state index contributed by atoms with van der Waals surface area (Å²) in [6, 6.07) is 0. The fraction of sp³-hybridized carbons (Fsp3) is 0.846. The van der Waals surface area contributed by atoms with Crippen molar-refractivity contribution in [3.05, 3.63) is 0 Å². The lowest BCUT2D eigenvalue weighted by Gasteiger charge is -2.37. The monoisotopic (exact) mass is 226 g/mol. The Labute approximate surface area is 97.5 Å². The molecular formula is C13H22O3. The van der Waals surface area contributed by atoms with Crippen LogP contribution in [0.25, 0.3) is 0 Å². The Morgan fingerprint density at radius 3 is 2.38 bits per heavy atom. The number of hydrogen-bond acceptors (Lipinski definition) is 3. The molecule has 0 spiro atoms. The lowest BCUT2D eigenvalue weighted by Crippen LogP contribution is -2.40. The number of carbonyl (C=O) groups excluding carboxylic acids is 2. The molecule has 0 radical (unpaired) electrons. The fourth-order valence-corrected chi connectivity index (χ4v) is 2.23. The maximum Gasteiger partial charge on any atom is 0.310 e. The van der Waals surface area contributed by atoms with E-state index in [-0.39, 0.29) is 23.1 Å². The van der Waals surface area contributed by atoms with Gasteiger partial charge in [0.25, 0.3) is 0 Å². The number of ketones is 1. The molecule has 92 valence electrons. The summed E-state index contributed by atoms with van der Waals surface area (Å²) in [5.74, 6) is -0.0563. The summed E-state index contributed by atoms with van der Waals surface area (Å²) in [7, 11) is 0. The van der Waals surface area contributed by atoms with Gasteiger partial charge in [0.1, 0.15) is 11.4 Å². The molecule has 0 N–H and O–H groups in total. The van der Waals surface area contributed by atoms with Crippen LogP contribution in [-0.2, 0) is 14.3 Å². The van der Waals surface area contributed by atoms with E-state index >= 15 is 0 Å². The van der Waals surface area contributed by atoms with Gasteiger partial charge in [0.15, 0.2) is 0 Å². The summed E-state index contributed by atoms with van der Waals surface area (Å²) in [5, 5.41) is 0. The van der Waals surface area contributed by atoms with E-state index in [2.05, 4.69) is 0 Å². The highest BCUT2D eigenvalue weighted by molar-refractivity contribution is 5.84. The summed E-state index contributed by atoms with van der Waals surface area (Å²) in [5.41, 5.74) is -0.716. The van der Waals surface area contributed by atoms with Crippen molar-refractivity contribution in [2.75, 3.05) is 0 Å². The zero-order valence-corrected chi connectivity index (χ0v) is 10.9. The molecule has 1 atom stereocenters. The smallest absolute Gasteiger partial charge is 0.310 e. The van der Waals surface area contributed by atoms with E-state index in [1.807, 2.05) is 34.6 Å². The Bertz CT molecular complexity index is 297. The van der Waals surface area contributed by atoms with Gasteiger partial charge in [-0.25, -0.2) is 0 Å². The van der Waals surface area contributed by atoms with Crippen molar-refractivity contribution in [1.82, 2.24) is 0 Å². The van der Waals surface area contributed by atoms with Gasteiger partial charge in [-0.3, -0.25) is 9.59 Å². The van der Waals surface area contributed by atoms with Crippen molar-refractivity contribution in [3.8, 4) is 0 Å². The van der Waals surface area contributed by atoms with Crippen molar-refractivity contribution in [2.24, 2.45) is 11.3 Å². The van der Waals surface area contributed by atoms with E-state index in [9.17, 15) is 9.59 Å². The molecule has 0 saturated heterocycles. The third-order valence-electron chi connectivity index (χ3n) is 3.00. The Kier molecular flexibility index (Phi) is 3.46. The van der Waals surface area contributed by atoms with Crippen LogP contribution >= 0.6 is 0 Å². The molecule has 16 heavy (non-hydrogen) atoms. The van der Waals surface area contributed by atoms with Crippen LogP contribution in [0.4, 0.5) is 0 Å². The summed E-state index contributed by atoms with van der Waals surface area (Å²) in [6.07, 6.45) is 1.62. The van der Waals surface area contributed by atoms with E-state index < -0.39 is 5.60 Å². The molecule has 1 aliphatic carbocycles. The SMILES string of the molecule is CC(C)(C)OC(=O)C1CCC(=O)CC1(C)C. The third-order valence-corrected chi connectivity index (χ3v) is 3.00. The highest BCUT2D eigenvalue weighted by Crippen LogP contribution is 2.40. The molecule has 3 heteroatoms. The zero-order chi connectivity index (χ0) is 12.6. The maximum absolute atomic E-state index is 12.0. The second-order valence-corrected chi connectivity index (χ2v) is 6.33. The number of rotatable bonds is 1. The highest BCUT2D eigenvalue weighted by Gasteiger charge is 2.42. The van der Waals surface area contributed by atoms with Gasteiger partial charge in [-0.1, -0.05) is 13.8 Å². The van der Waals surface area contributed by atoms with Crippen molar-refractivity contribution in [1.29, 1.82) is 0 Å². The van der Waals surface area contributed by atoms with Crippen LogP contribution in [0.3, 0.4) is 0 Å². The molecule has 1 saturated carbocycles. The first-order valence-corrected chi connectivity index (χ1v) is 5.86. The van der Waals surface area contributed by atoms with Crippen molar-refractivity contribution in [3.63, 3.8) is 0 Å². The minimum absolute atomic E-state index is 0.149. The van der Waals surface area contributed by atoms with E-state index in [0.29, 0.717) is 19.3 Å². The second kappa shape index (κ2) is 4.19. The number of Topliss-reactive ketones (excluding diaryl/α,β-unsaturated/α-hetero) is 1. The van der Waals surface area contributed by atoms with Crippen LogP contribution in [0.5, 0.6) is 0 Å². The van der Waals surface area contributed by atoms with Gasteiger partial charge in [-0.05, 0) is 32.6 Å². The van der Waals surface area contributed by atoms with Gasteiger partial charge >= 0.3 is 5.97 Å². The summed E-state index contributed by atoms with van der Waals surface area (Å²) >= 11 is 0. The Hall–Kier alpha value is -0.860. The number of carbonyl (C=O) groups is 2. The lowest BCUT2D eigenvalue weighted by atomic mass is 9.68. The molecule has 0 aliphatic heterocycles. The molecule has 0 aromatic rings. The molecule has 0 aromatic carbocycles. The predicted molar refractivity (Wildman–Crippen MR) is 62.0 cm³/mol. The first-order valence-electron chi connectivity index (χ1n) is 5.86. The average Bonchev–Trinajstić information content (AvgIpc) is 1.97. The molecule has 3 nitrogen and oxygen atoms in total. The standard InChI is InChI=1S/C13H22O3/c1-12(2,3)16-11(15)10-7-6-9(14)8-13(10,4)5/h10H,6-8H2,1-5H3. The summed E-state index contributed by atoms with van der Waals surface area (Å²) in [4.78, 5) is 23.4. The van der Waals surface area contributed by atoms with Gasteiger partial charge in [0.2, 0.25) is 0 Å². The quantitative estimate of drug-likeness (QED) is 0.646. The normalized spacial score (nSPS) is 25.3. The van der Waals surface area contributed by atoms with Crippen LogP contribution in [0.2, 0.25) is 0 Å². The van der Waals surface area contributed by atoms with Gasteiger partial charge in [0.05, 0.1) is 5.92 Å². The van der Waals surface area contributed by atoms with Crippen molar-refractivity contribution >= 4 is 11.8 Å². The lowest BCUT2D eigenvalue weighted by molar-refractivity contribution is -0.166. The first kappa shape index (κ1) is 13.2. The Morgan fingerprint density at radius 2 is 1.94 bits per heavy atom. The van der Waals surface area contributed by atoms with Crippen molar-refractivity contribution < 1.29 is 14.3 Å². The van der Waals surface area contributed by atoms with E-state index in [0.717, 1.165) is 0 Å². The number of hydrogen-bond donors (Lipinski definition) is 0. The molecule has 1 unspecified atom stereocenters. The predicted octanol–water partition coefficient (Wildman–Crippen LogP) is 2.72. The minimum atomic E-state index is -0.450. The van der Waals surface area contributed by atoms with E-state index in [1.54, 1.807) is 0 Å². The summed E-state index contributed by atoms with van der Waals surface area (Å²) in [6.45, 7) is 9.54. The Morgan fingerprint density at radius 1 is 1.38 bits per heavy atom. The second-order valence-electron chi connectivity index (χ2n) is 6.33. The van der Waals surface area contributed by atoms with Crippen molar-refractivity contribution in [2.45, 2.75) is 59.5 Å². The maximum atomic E-state index is 12.0. The van der Waals surface area contributed by atoms with Gasteiger partial charge < -0.3 is 4.74 Å². The van der Waals surface area contributed by atoms with Crippen LogP contribution in [0.1, 0.15) is 53.9 Å². The van der Waals surface area contributed by atoms with Crippen LogP contribution in [0, 0.1) is 11.3 Å². The number of esters is 1. The average molecular weight is 226 g/mol. The van der Waals surface area contributed by atoms with E-state index in [4.69, 9.17) is 4.74 Å². The van der Waals surface area contributed by atoms with Crippen LogP contribution in [0.15, 0.2) is 0 Å². The van der Waals surface area contributed by atoms with Gasteiger partial charge in [0, 0.05) is 12.8 Å². The number of ether oxygens (including phenoxy) is 1.